The molecule has 0 unspecified atom stereocenters. The van der Waals surface area contributed by atoms with E-state index in [2.05, 4.69) is 5.16 Å². The Balaban J connectivity index is 2.08. The summed E-state index contributed by atoms with van der Waals surface area (Å²) in [6.07, 6.45) is -0.0503. The first-order valence-electron chi connectivity index (χ1n) is 5.05. The van der Waals surface area contributed by atoms with Crippen LogP contribution in [0, 0.1) is 6.92 Å². The number of aromatic nitrogens is 1. The fourth-order valence-corrected chi connectivity index (χ4v) is 3.20. The fraction of sp³-hybridized carbons (Fsp3) is 0.667. The summed E-state index contributed by atoms with van der Waals surface area (Å²) in [6, 6.07) is 1.60. The first-order chi connectivity index (χ1) is 7.47. The third kappa shape index (κ3) is 2.42. The molecule has 0 amide bonds. The van der Waals surface area contributed by atoms with Gasteiger partial charge in [0.05, 0.1) is 6.10 Å². The number of sulfonamides is 1. The second kappa shape index (κ2) is 4.15. The van der Waals surface area contributed by atoms with Crippen molar-refractivity contribution in [1.29, 1.82) is 0 Å². The van der Waals surface area contributed by atoms with Gasteiger partial charge in [-0.05, 0) is 13.3 Å². The van der Waals surface area contributed by atoms with Crippen LogP contribution in [0.1, 0.15) is 17.9 Å². The van der Waals surface area contributed by atoms with Gasteiger partial charge in [-0.3, -0.25) is 0 Å². The van der Waals surface area contributed by atoms with E-state index in [1.165, 1.54) is 4.31 Å². The fourth-order valence-electron chi connectivity index (χ4n) is 1.73. The second-order valence-corrected chi connectivity index (χ2v) is 5.95. The number of β-amino-alcohol motifs (C(OH)–C–C–N with tert-alkyl or cyclic N) is 1. The Morgan fingerprint density at radius 2 is 2.44 bits per heavy atom. The van der Waals surface area contributed by atoms with Crippen LogP contribution in [0.25, 0.3) is 0 Å². The lowest BCUT2D eigenvalue weighted by Crippen LogP contribution is -2.30. The quantitative estimate of drug-likeness (QED) is 0.803. The molecule has 2 heterocycles. The molecular weight excluding hydrogens is 232 g/mol. The molecule has 0 aliphatic carbocycles. The summed E-state index contributed by atoms with van der Waals surface area (Å²) >= 11 is 0. The van der Waals surface area contributed by atoms with Crippen molar-refractivity contribution in [3.05, 3.63) is 17.5 Å². The van der Waals surface area contributed by atoms with E-state index >= 15 is 0 Å². The molecule has 1 N–H and O–H groups in total. The molecule has 90 valence electrons. The van der Waals surface area contributed by atoms with Gasteiger partial charge in [0, 0.05) is 19.2 Å². The average Bonchev–Trinajstić information content (AvgIpc) is 2.75. The Labute approximate surface area is 93.9 Å². The smallest absolute Gasteiger partial charge is 0.220 e. The zero-order chi connectivity index (χ0) is 11.8. The molecule has 1 fully saturated rings. The van der Waals surface area contributed by atoms with Crippen LogP contribution in [0.2, 0.25) is 0 Å². The monoisotopic (exact) mass is 246 g/mol. The highest BCUT2D eigenvalue weighted by Gasteiger charge is 2.30. The Hall–Kier alpha value is -0.920. The summed E-state index contributed by atoms with van der Waals surface area (Å²) in [7, 11) is -3.38. The van der Waals surface area contributed by atoms with Crippen LogP contribution in [0.3, 0.4) is 0 Å². The molecule has 1 aromatic rings. The summed E-state index contributed by atoms with van der Waals surface area (Å²) in [5, 5.41) is 12.9. The normalized spacial score (nSPS) is 22.8. The Bertz CT molecular complexity index is 468. The molecule has 0 bridgehead atoms. The van der Waals surface area contributed by atoms with Gasteiger partial charge in [0.25, 0.3) is 0 Å². The second-order valence-electron chi connectivity index (χ2n) is 3.99. The number of rotatable bonds is 3. The van der Waals surface area contributed by atoms with E-state index in [-0.39, 0.29) is 12.3 Å². The van der Waals surface area contributed by atoms with Crippen molar-refractivity contribution >= 4 is 10.0 Å². The molecular formula is C9H14N2O4S. The lowest BCUT2D eigenvalue weighted by Gasteiger charge is -2.14. The van der Waals surface area contributed by atoms with Gasteiger partial charge in [-0.1, -0.05) is 5.16 Å². The van der Waals surface area contributed by atoms with Gasteiger partial charge in [-0.15, -0.1) is 0 Å². The van der Waals surface area contributed by atoms with Crippen LogP contribution in [-0.2, 0) is 15.8 Å². The first kappa shape index (κ1) is 11.6. The van der Waals surface area contributed by atoms with Crippen LogP contribution < -0.4 is 0 Å². The highest BCUT2D eigenvalue weighted by Crippen LogP contribution is 2.17. The molecule has 6 nitrogen and oxygen atoms in total. The number of aliphatic hydroxyl groups excluding tert-OH is 1. The summed E-state index contributed by atoms with van der Waals surface area (Å²) in [5.41, 5.74) is 0.402. The molecule has 1 atom stereocenters. The van der Waals surface area contributed by atoms with Crippen LogP contribution in [0.5, 0.6) is 0 Å². The molecule has 0 radical (unpaired) electrons. The van der Waals surface area contributed by atoms with E-state index in [1.807, 2.05) is 0 Å². The topological polar surface area (TPSA) is 83.6 Å². The van der Waals surface area contributed by atoms with Gasteiger partial charge in [-0.25, -0.2) is 8.42 Å². The number of nitrogens with zero attached hydrogens (tertiary/aromatic N) is 2. The van der Waals surface area contributed by atoms with Crippen molar-refractivity contribution in [2.45, 2.75) is 25.2 Å². The molecule has 1 aliphatic heterocycles. The Morgan fingerprint density at radius 3 is 2.94 bits per heavy atom. The van der Waals surface area contributed by atoms with Crippen molar-refractivity contribution in [1.82, 2.24) is 9.46 Å². The average molecular weight is 246 g/mol. The molecule has 16 heavy (non-hydrogen) atoms. The van der Waals surface area contributed by atoms with Crippen molar-refractivity contribution in [2.24, 2.45) is 0 Å². The lowest BCUT2D eigenvalue weighted by atomic mass is 10.3. The maximum atomic E-state index is 11.9. The Morgan fingerprint density at radius 1 is 1.69 bits per heavy atom. The predicted octanol–water partition coefficient (Wildman–Crippen LogP) is -0.121. The van der Waals surface area contributed by atoms with E-state index in [9.17, 15) is 13.5 Å². The summed E-state index contributed by atoms with van der Waals surface area (Å²) in [5.74, 6) is 0.420. The number of aliphatic hydroxyl groups is 1. The van der Waals surface area contributed by atoms with Crippen LogP contribution >= 0.6 is 0 Å². The minimum atomic E-state index is -3.38. The highest BCUT2D eigenvalue weighted by molar-refractivity contribution is 7.88. The maximum Gasteiger partial charge on any atom is 0.220 e. The molecule has 2 rings (SSSR count). The predicted molar refractivity (Wildman–Crippen MR) is 56.1 cm³/mol. The minimum absolute atomic E-state index is 0.170. The number of hydrogen-bond acceptors (Lipinski definition) is 5. The lowest BCUT2D eigenvalue weighted by molar-refractivity contribution is 0.189. The van der Waals surface area contributed by atoms with Gasteiger partial charge < -0.3 is 9.63 Å². The molecule has 1 aromatic heterocycles. The molecule has 1 saturated heterocycles. The number of aryl methyl sites for hydroxylation is 1. The molecule has 0 aromatic carbocycles. The van der Waals surface area contributed by atoms with E-state index in [1.54, 1.807) is 13.0 Å². The third-order valence-electron chi connectivity index (χ3n) is 2.53. The zero-order valence-corrected chi connectivity index (χ0v) is 9.77. The third-order valence-corrected chi connectivity index (χ3v) is 4.31. The molecule has 1 aliphatic rings. The number of hydrogen-bond donors (Lipinski definition) is 1. The first-order valence-corrected chi connectivity index (χ1v) is 6.66. The van der Waals surface area contributed by atoms with E-state index in [4.69, 9.17) is 4.52 Å². The molecule has 7 heteroatoms. The van der Waals surface area contributed by atoms with Crippen LogP contribution in [-0.4, -0.2) is 42.2 Å². The zero-order valence-electron chi connectivity index (χ0n) is 8.96. The van der Waals surface area contributed by atoms with Gasteiger partial charge in [0.15, 0.2) is 0 Å². The van der Waals surface area contributed by atoms with Crippen LogP contribution in [0.15, 0.2) is 10.6 Å². The van der Waals surface area contributed by atoms with Gasteiger partial charge in [0.2, 0.25) is 10.0 Å². The summed E-state index contributed by atoms with van der Waals surface area (Å²) in [6.45, 7) is 2.27. The van der Waals surface area contributed by atoms with Crippen LogP contribution in [0.4, 0.5) is 0 Å². The van der Waals surface area contributed by atoms with E-state index in [0.717, 1.165) is 0 Å². The van der Waals surface area contributed by atoms with Gasteiger partial charge >= 0.3 is 0 Å². The summed E-state index contributed by atoms with van der Waals surface area (Å²) in [4.78, 5) is 0. The van der Waals surface area contributed by atoms with Crippen molar-refractivity contribution in [2.75, 3.05) is 13.1 Å². The summed E-state index contributed by atoms with van der Waals surface area (Å²) < 4.78 is 29.9. The standard InChI is InChI=1S/C9H14N2O4S/c1-7-4-8(10-15-7)6-16(13,14)11-3-2-9(12)5-11/h4,9,12H,2-3,5-6H2,1H3/t9-/m1/s1. The van der Waals surface area contributed by atoms with E-state index < -0.39 is 16.1 Å². The van der Waals surface area contributed by atoms with Gasteiger partial charge in [-0.2, -0.15) is 4.31 Å². The van der Waals surface area contributed by atoms with Crippen molar-refractivity contribution in [3.63, 3.8) is 0 Å². The SMILES string of the molecule is Cc1cc(CS(=O)(=O)N2CC[C@@H](O)C2)no1. The Kier molecular flexibility index (Phi) is 3.00. The van der Waals surface area contributed by atoms with Crippen molar-refractivity contribution in [3.8, 4) is 0 Å². The van der Waals surface area contributed by atoms with Crippen molar-refractivity contribution < 1.29 is 18.0 Å². The van der Waals surface area contributed by atoms with E-state index in [0.29, 0.717) is 24.4 Å². The highest BCUT2D eigenvalue weighted by atomic mass is 32.2. The largest absolute Gasteiger partial charge is 0.392 e. The molecule has 0 saturated carbocycles. The molecule has 0 spiro atoms. The minimum Gasteiger partial charge on any atom is -0.392 e. The van der Waals surface area contributed by atoms with Gasteiger partial charge in [0.1, 0.15) is 17.2 Å². The maximum absolute atomic E-state index is 11.9.